The van der Waals surface area contributed by atoms with Crippen molar-refractivity contribution < 1.29 is 19.1 Å². The summed E-state index contributed by atoms with van der Waals surface area (Å²) < 4.78 is 11.2. The molecule has 0 saturated heterocycles. The molecule has 0 saturated carbocycles. The van der Waals surface area contributed by atoms with Gasteiger partial charge in [-0.25, -0.2) is 9.59 Å². The van der Waals surface area contributed by atoms with Gasteiger partial charge in [0.2, 0.25) is 0 Å². The number of thioether (sulfide) groups is 1. The molecule has 29 heavy (non-hydrogen) atoms. The first kappa shape index (κ1) is 23.0. The van der Waals surface area contributed by atoms with E-state index in [0.717, 1.165) is 23.0 Å². The van der Waals surface area contributed by atoms with Crippen LogP contribution in [0.1, 0.15) is 32.4 Å². The molecule has 0 spiro atoms. The zero-order valence-electron chi connectivity index (χ0n) is 17.1. The molecule has 0 fully saturated rings. The second kappa shape index (κ2) is 11.1. The van der Waals surface area contributed by atoms with Gasteiger partial charge < -0.3 is 25.0 Å². The zero-order chi connectivity index (χ0) is 21.4. The van der Waals surface area contributed by atoms with E-state index in [9.17, 15) is 9.59 Å². The lowest BCUT2D eigenvalue weighted by molar-refractivity contribution is -0.139. The quantitative estimate of drug-likeness (QED) is 0.477. The molecule has 1 aromatic carbocycles. The van der Waals surface area contributed by atoms with Crippen LogP contribution in [0.2, 0.25) is 0 Å². The van der Waals surface area contributed by atoms with Crippen molar-refractivity contribution in [2.75, 3.05) is 32.6 Å². The van der Waals surface area contributed by atoms with E-state index < -0.39 is 12.0 Å². The van der Waals surface area contributed by atoms with Crippen molar-refractivity contribution in [3.05, 3.63) is 41.1 Å². The molecule has 2 amide bonds. The van der Waals surface area contributed by atoms with Gasteiger partial charge in [-0.1, -0.05) is 36.1 Å². The molecule has 1 aromatic rings. The molecule has 2 N–H and O–H groups in total. The van der Waals surface area contributed by atoms with Gasteiger partial charge in [0.25, 0.3) is 0 Å². The Labute approximate surface area is 181 Å². The SMILES string of the molecule is CCOC(=O)C1=C(CSC(=S)N(CC)CC)NC(=O)NC1c1ccc(OC)cc1. The Morgan fingerprint density at radius 2 is 1.86 bits per heavy atom. The third-order valence-electron chi connectivity index (χ3n) is 4.46. The predicted octanol–water partition coefficient (Wildman–Crippen LogP) is 3.23. The smallest absolute Gasteiger partial charge is 0.338 e. The molecule has 158 valence electrons. The Morgan fingerprint density at radius 3 is 2.41 bits per heavy atom. The summed E-state index contributed by atoms with van der Waals surface area (Å²) in [5, 5.41) is 5.58. The normalized spacial score (nSPS) is 16.0. The highest BCUT2D eigenvalue weighted by Gasteiger charge is 2.33. The van der Waals surface area contributed by atoms with Crippen LogP contribution in [-0.4, -0.2) is 53.8 Å². The average Bonchev–Trinajstić information content (AvgIpc) is 2.72. The average molecular weight is 438 g/mol. The molecule has 0 bridgehead atoms. The lowest BCUT2D eigenvalue weighted by Crippen LogP contribution is -2.46. The van der Waals surface area contributed by atoms with Crippen LogP contribution >= 0.6 is 24.0 Å². The van der Waals surface area contributed by atoms with Crippen molar-refractivity contribution in [1.82, 2.24) is 15.5 Å². The Bertz CT molecular complexity index is 776. The van der Waals surface area contributed by atoms with Crippen LogP contribution in [-0.2, 0) is 9.53 Å². The number of benzene rings is 1. The van der Waals surface area contributed by atoms with E-state index in [1.807, 2.05) is 26.0 Å². The van der Waals surface area contributed by atoms with Crippen LogP contribution in [0.15, 0.2) is 35.5 Å². The van der Waals surface area contributed by atoms with E-state index in [4.69, 9.17) is 21.7 Å². The van der Waals surface area contributed by atoms with Crippen molar-refractivity contribution in [3.8, 4) is 5.75 Å². The minimum Gasteiger partial charge on any atom is -0.497 e. The number of nitrogens with zero attached hydrogens (tertiary/aromatic N) is 1. The molecule has 7 nitrogen and oxygen atoms in total. The van der Waals surface area contributed by atoms with Crippen LogP contribution in [0.5, 0.6) is 5.75 Å². The first-order valence-corrected chi connectivity index (χ1v) is 10.9. The van der Waals surface area contributed by atoms with Gasteiger partial charge in [-0.3, -0.25) is 0 Å². The summed E-state index contributed by atoms with van der Waals surface area (Å²) in [4.78, 5) is 27.1. The fourth-order valence-corrected chi connectivity index (χ4v) is 4.31. The fraction of sp³-hybridized carbons (Fsp3) is 0.450. The monoisotopic (exact) mass is 437 g/mol. The maximum Gasteiger partial charge on any atom is 0.338 e. The molecule has 1 aliphatic heterocycles. The number of thiocarbonyl (C=S) groups is 1. The topological polar surface area (TPSA) is 79.9 Å². The van der Waals surface area contributed by atoms with Gasteiger partial charge in [-0.15, -0.1) is 0 Å². The summed E-state index contributed by atoms with van der Waals surface area (Å²) in [6, 6.07) is 6.22. The van der Waals surface area contributed by atoms with E-state index in [2.05, 4.69) is 15.5 Å². The molecular weight excluding hydrogens is 410 g/mol. The molecule has 9 heteroatoms. The molecule has 0 aliphatic carbocycles. The van der Waals surface area contributed by atoms with Gasteiger partial charge in [0.05, 0.1) is 25.3 Å². The zero-order valence-corrected chi connectivity index (χ0v) is 18.7. The van der Waals surface area contributed by atoms with Crippen molar-refractivity contribution in [3.63, 3.8) is 0 Å². The van der Waals surface area contributed by atoms with Crippen LogP contribution in [0.25, 0.3) is 0 Å². The number of nitrogens with one attached hydrogen (secondary N) is 2. The maximum absolute atomic E-state index is 12.8. The molecule has 1 atom stereocenters. The minimum atomic E-state index is -0.619. The highest BCUT2D eigenvalue weighted by Crippen LogP contribution is 2.30. The summed E-state index contributed by atoms with van der Waals surface area (Å²) in [5.74, 6) is 0.588. The summed E-state index contributed by atoms with van der Waals surface area (Å²) in [6.45, 7) is 7.66. The molecule has 1 aliphatic rings. The van der Waals surface area contributed by atoms with Gasteiger partial charge in [-0.2, -0.15) is 0 Å². The van der Waals surface area contributed by atoms with Gasteiger partial charge in [0.1, 0.15) is 10.1 Å². The summed E-state index contributed by atoms with van der Waals surface area (Å²) in [6.07, 6.45) is 0. The molecule has 0 aromatic heterocycles. The molecular formula is C20H27N3O4S2. The fourth-order valence-electron chi connectivity index (χ4n) is 2.94. The number of hydrogen-bond acceptors (Lipinski definition) is 6. The summed E-state index contributed by atoms with van der Waals surface area (Å²) in [7, 11) is 1.58. The second-order valence-corrected chi connectivity index (χ2v) is 7.75. The van der Waals surface area contributed by atoms with E-state index >= 15 is 0 Å². The van der Waals surface area contributed by atoms with E-state index in [1.165, 1.54) is 11.8 Å². The van der Waals surface area contributed by atoms with E-state index in [0.29, 0.717) is 22.8 Å². The predicted molar refractivity (Wildman–Crippen MR) is 119 cm³/mol. The van der Waals surface area contributed by atoms with Crippen molar-refractivity contribution in [1.29, 1.82) is 0 Å². The summed E-state index contributed by atoms with van der Waals surface area (Å²) >= 11 is 6.90. The number of carbonyl (C=O) groups excluding carboxylic acids is 2. The standard InChI is InChI=1S/C20H27N3O4S2/c1-5-23(6-2)20(28)29-12-15-16(18(24)27-7-3)17(22-19(25)21-15)13-8-10-14(26-4)11-9-13/h8-11,17H,5-7,12H2,1-4H3,(H2,21,22,25). The third-order valence-corrected chi connectivity index (χ3v) is 6.01. The van der Waals surface area contributed by atoms with Gasteiger partial charge in [-0.05, 0) is 38.5 Å². The molecule has 0 radical (unpaired) electrons. The summed E-state index contributed by atoms with van der Waals surface area (Å²) in [5.41, 5.74) is 1.65. The van der Waals surface area contributed by atoms with E-state index in [1.54, 1.807) is 26.2 Å². The Hall–Kier alpha value is -2.26. The number of rotatable bonds is 8. The largest absolute Gasteiger partial charge is 0.497 e. The lowest BCUT2D eigenvalue weighted by Gasteiger charge is -2.30. The van der Waals surface area contributed by atoms with Crippen molar-refractivity contribution >= 4 is 40.3 Å². The van der Waals surface area contributed by atoms with Crippen LogP contribution < -0.4 is 15.4 Å². The van der Waals surface area contributed by atoms with E-state index in [-0.39, 0.29) is 12.6 Å². The van der Waals surface area contributed by atoms with Crippen LogP contribution in [0.3, 0.4) is 0 Å². The van der Waals surface area contributed by atoms with Gasteiger partial charge >= 0.3 is 12.0 Å². The Kier molecular flexibility index (Phi) is 8.78. The Balaban J connectivity index is 2.37. The first-order valence-electron chi connectivity index (χ1n) is 9.48. The first-order chi connectivity index (χ1) is 13.9. The number of carbonyl (C=O) groups is 2. The number of hydrogen-bond donors (Lipinski definition) is 2. The third kappa shape index (κ3) is 5.86. The molecule has 1 unspecified atom stereocenters. The van der Waals surface area contributed by atoms with Crippen LogP contribution in [0, 0.1) is 0 Å². The number of esters is 1. The molecule has 1 heterocycles. The number of ether oxygens (including phenoxy) is 2. The Morgan fingerprint density at radius 1 is 1.21 bits per heavy atom. The minimum absolute atomic E-state index is 0.240. The highest BCUT2D eigenvalue weighted by atomic mass is 32.2. The lowest BCUT2D eigenvalue weighted by atomic mass is 9.95. The van der Waals surface area contributed by atoms with Crippen molar-refractivity contribution in [2.24, 2.45) is 0 Å². The van der Waals surface area contributed by atoms with Crippen molar-refractivity contribution in [2.45, 2.75) is 26.8 Å². The number of urea groups is 1. The second-order valence-electron chi connectivity index (χ2n) is 6.14. The number of methoxy groups -OCH3 is 1. The maximum atomic E-state index is 12.8. The highest BCUT2D eigenvalue weighted by molar-refractivity contribution is 8.23. The van der Waals surface area contributed by atoms with Gasteiger partial charge in [0, 0.05) is 24.5 Å². The number of amides is 2. The molecule has 2 rings (SSSR count). The van der Waals surface area contributed by atoms with Gasteiger partial charge in [0.15, 0.2) is 0 Å². The van der Waals surface area contributed by atoms with Crippen LogP contribution in [0.4, 0.5) is 4.79 Å².